The number of hydrogen-bond acceptors (Lipinski definition) is 6. The van der Waals surface area contributed by atoms with Gasteiger partial charge in [-0.3, -0.25) is 10.1 Å². The maximum Gasteiger partial charge on any atom is 0.293 e. The topological polar surface area (TPSA) is 85.3 Å². The van der Waals surface area contributed by atoms with E-state index in [-0.39, 0.29) is 16.5 Å². The molecule has 1 atom stereocenters. The SMILES string of the molecule is CC(C)c1noc(-c2ccc(N3CCC[C@@H](C)C3)c([N+](=O)[O-])c2)n1. The number of anilines is 1. The molecule has 0 saturated carbocycles. The molecule has 0 bridgehead atoms. The van der Waals surface area contributed by atoms with Crippen LogP contribution in [0.15, 0.2) is 22.7 Å². The molecule has 2 heterocycles. The van der Waals surface area contributed by atoms with Crippen LogP contribution in [0.1, 0.15) is 45.4 Å². The Hall–Kier alpha value is -2.44. The highest BCUT2D eigenvalue weighted by atomic mass is 16.6. The monoisotopic (exact) mass is 330 g/mol. The van der Waals surface area contributed by atoms with Gasteiger partial charge >= 0.3 is 0 Å². The molecule has 1 aromatic carbocycles. The molecule has 7 heteroatoms. The molecule has 0 N–H and O–H groups in total. The lowest BCUT2D eigenvalue weighted by molar-refractivity contribution is -0.384. The zero-order valence-corrected chi connectivity index (χ0v) is 14.2. The summed E-state index contributed by atoms with van der Waals surface area (Å²) in [4.78, 5) is 17.6. The van der Waals surface area contributed by atoms with Gasteiger partial charge in [-0.15, -0.1) is 0 Å². The van der Waals surface area contributed by atoms with Crippen molar-refractivity contribution in [2.45, 2.75) is 39.5 Å². The fraction of sp³-hybridized carbons (Fsp3) is 0.529. The van der Waals surface area contributed by atoms with Crippen LogP contribution in [0.25, 0.3) is 11.5 Å². The Kier molecular flexibility index (Phi) is 4.51. The van der Waals surface area contributed by atoms with Crippen molar-refractivity contribution in [3.63, 3.8) is 0 Å². The lowest BCUT2D eigenvalue weighted by Gasteiger charge is -2.32. The average molecular weight is 330 g/mol. The minimum Gasteiger partial charge on any atom is -0.366 e. The zero-order chi connectivity index (χ0) is 17.3. The second-order valence-electron chi connectivity index (χ2n) is 6.77. The van der Waals surface area contributed by atoms with Crippen molar-refractivity contribution in [1.29, 1.82) is 0 Å². The van der Waals surface area contributed by atoms with Crippen molar-refractivity contribution in [1.82, 2.24) is 10.1 Å². The smallest absolute Gasteiger partial charge is 0.293 e. The number of aromatic nitrogens is 2. The Morgan fingerprint density at radius 1 is 1.42 bits per heavy atom. The molecule has 0 radical (unpaired) electrons. The van der Waals surface area contributed by atoms with Gasteiger partial charge in [0.25, 0.3) is 11.6 Å². The molecule has 1 aliphatic rings. The van der Waals surface area contributed by atoms with E-state index in [9.17, 15) is 10.1 Å². The molecule has 3 rings (SSSR count). The van der Waals surface area contributed by atoms with Crippen molar-refractivity contribution in [3.05, 3.63) is 34.1 Å². The summed E-state index contributed by atoms with van der Waals surface area (Å²) in [6.07, 6.45) is 2.23. The summed E-state index contributed by atoms with van der Waals surface area (Å²) in [6, 6.07) is 5.15. The van der Waals surface area contributed by atoms with Crippen LogP contribution >= 0.6 is 0 Å². The lowest BCUT2D eigenvalue weighted by atomic mass is 9.99. The maximum atomic E-state index is 11.6. The van der Waals surface area contributed by atoms with Crippen LogP contribution in [0.3, 0.4) is 0 Å². The summed E-state index contributed by atoms with van der Waals surface area (Å²) in [5.74, 6) is 1.61. The lowest BCUT2D eigenvalue weighted by Crippen LogP contribution is -2.34. The van der Waals surface area contributed by atoms with Gasteiger partial charge in [0.15, 0.2) is 5.82 Å². The van der Waals surface area contributed by atoms with E-state index in [0.29, 0.717) is 28.9 Å². The standard InChI is InChI=1S/C17H22N4O3/c1-11(2)16-18-17(24-19-16)13-6-7-14(15(9-13)21(22)23)20-8-4-5-12(3)10-20/h6-7,9,11-12H,4-5,8,10H2,1-3H3/t12-/m1/s1. The maximum absolute atomic E-state index is 11.6. The Bertz CT molecular complexity index is 741. The van der Waals surface area contributed by atoms with E-state index in [1.165, 1.54) is 12.5 Å². The summed E-state index contributed by atoms with van der Waals surface area (Å²) in [7, 11) is 0. The van der Waals surface area contributed by atoms with Crippen LogP contribution in [-0.4, -0.2) is 28.2 Å². The number of nitro benzene ring substituents is 1. The summed E-state index contributed by atoms with van der Waals surface area (Å²) in [5, 5.41) is 15.5. The van der Waals surface area contributed by atoms with Crippen LogP contribution in [0.4, 0.5) is 11.4 Å². The summed E-state index contributed by atoms with van der Waals surface area (Å²) in [5.41, 5.74) is 1.33. The molecule has 2 aromatic rings. The predicted molar refractivity (Wildman–Crippen MR) is 91.1 cm³/mol. The van der Waals surface area contributed by atoms with Gasteiger partial charge in [-0.05, 0) is 30.9 Å². The van der Waals surface area contributed by atoms with Gasteiger partial charge in [0, 0.05) is 30.6 Å². The molecule has 1 saturated heterocycles. The second-order valence-corrected chi connectivity index (χ2v) is 6.77. The van der Waals surface area contributed by atoms with Crippen LogP contribution < -0.4 is 4.90 Å². The van der Waals surface area contributed by atoms with Crippen molar-refractivity contribution in [3.8, 4) is 11.5 Å². The molecule has 1 fully saturated rings. The van der Waals surface area contributed by atoms with E-state index in [4.69, 9.17) is 4.52 Å². The van der Waals surface area contributed by atoms with Gasteiger partial charge in [0.2, 0.25) is 0 Å². The molecule has 0 unspecified atom stereocenters. The largest absolute Gasteiger partial charge is 0.366 e. The number of rotatable bonds is 4. The molecule has 1 aliphatic heterocycles. The second kappa shape index (κ2) is 6.59. The number of nitro groups is 1. The molecular formula is C17H22N4O3. The van der Waals surface area contributed by atoms with E-state index in [2.05, 4.69) is 22.0 Å². The van der Waals surface area contributed by atoms with Crippen molar-refractivity contribution < 1.29 is 9.45 Å². The molecule has 24 heavy (non-hydrogen) atoms. The third-order valence-electron chi connectivity index (χ3n) is 4.37. The van der Waals surface area contributed by atoms with Crippen LogP contribution in [0, 0.1) is 16.0 Å². The third kappa shape index (κ3) is 3.25. The van der Waals surface area contributed by atoms with Gasteiger partial charge in [-0.2, -0.15) is 4.98 Å². The molecule has 128 valence electrons. The van der Waals surface area contributed by atoms with Crippen molar-refractivity contribution in [2.24, 2.45) is 5.92 Å². The van der Waals surface area contributed by atoms with Crippen molar-refractivity contribution in [2.75, 3.05) is 18.0 Å². The minimum atomic E-state index is -0.335. The highest BCUT2D eigenvalue weighted by molar-refractivity contribution is 5.71. The Balaban J connectivity index is 1.96. The molecule has 1 aromatic heterocycles. The first-order valence-corrected chi connectivity index (χ1v) is 8.33. The van der Waals surface area contributed by atoms with Gasteiger partial charge in [0.1, 0.15) is 5.69 Å². The van der Waals surface area contributed by atoms with Gasteiger partial charge in [-0.1, -0.05) is 25.9 Å². The van der Waals surface area contributed by atoms with E-state index in [1.54, 1.807) is 6.07 Å². The average Bonchev–Trinajstić information content (AvgIpc) is 3.04. The molecule has 0 spiro atoms. The van der Waals surface area contributed by atoms with E-state index < -0.39 is 0 Å². The Labute approximate surface area is 140 Å². The normalized spacial score (nSPS) is 18.2. The molecular weight excluding hydrogens is 308 g/mol. The molecule has 7 nitrogen and oxygen atoms in total. The summed E-state index contributed by atoms with van der Waals surface area (Å²) < 4.78 is 5.25. The molecule has 0 aliphatic carbocycles. The minimum absolute atomic E-state index is 0.0888. The number of benzene rings is 1. The Morgan fingerprint density at radius 2 is 2.21 bits per heavy atom. The van der Waals surface area contributed by atoms with Crippen molar-refractivity contribution >= 4 is 11.4 Å². The highest BCUT2D eigenvalue weighted by Crippen LogP contribution is 2.35. The molecule has 0 amide bonds. The zero-order valence-electron chi connectivity index (χ0n) is 14.2. The third-order valence-corrected chi connectivity index (χ3v) is 4.37. The van der Waals surface area contributed by atoms with Gasteiger partial charge < -0.3 is 9.42 Å². The van der Waals surface area contributed by atoms with E-state index in [1.807, 2.05) is 19.9 Å². The van der Waals surface area contributed by atoms with Gasteiger partial charge in [0.05, 0.1) is 4.92 Å². The van der Waals surface area contributed by atoms with Crippen LogP contribution in [0.5, 0.6) is 0 Å². The van der Waals surface area contributed by atoms with E-state index in [0.717, 1.165) is 19.5 Å². The number of piperidine rings is 1. The Morgan fingerprint density at radius 3 is 2.83 bits per heavy atom. The highest BCUT2D eigenvalue weighted by Gasteiger charge is 2.25. The first-order chi connectivity index (χ1) is 11.5. The summed E-state index contributed by atoms with van der Waals surface area (Å²) >= 11 is 0. The first-order valence-electron chi connectivity index (χ1n) is 8.33. The van der Waals surface area contributed by atoms with Crippen LogP contribution in [-0.2, 0) is 0 Å². The van der Waals surface area contributed by atoms with Crippen LogP contribution in [0.2, 0.25) is 0 Å². The quantitative estimate of drug-likeness (QED) is 0.622. The fourth-order valence-corrected chi connectivity index (χ4v) is 3.06. The summed E-state index contributed by atoms with van der Waals surface area (Å²) in [6.45, 7) is 7.81. The van der Waals surface area contributed by atoms with E-state index >= 15 is 0 Å². The number of hydrogen-bond donors (Lipinski definition) is 0. The predicted octanol–water partition coefficient (Wildman–Crippen LogP) is 4.00. The fourth-order valence-electron chi connectivity index (χ4n) is 3.06. The van der Waals surface area contributed by atoms with Gasteiger partial charge in [-0.25, -0.2) is 0 Å². The number of nitrogens with zero attached hydrogens (tertiary/aromatic N) is 4. The first kappa shape index (κ1) is 16.4.